The van der Waals surface area contributed by atoms with Gasteiger partial charge in [-0.15, -0.1) is 13.2 Å². The highest BCUT2D eigenvalue weighted by Gasteiger charge is 2.23. The van der Waals surface area contributed by atoms with Crippen molar-refractivity contribution < 1.29 is 15.0 Å². The van der Waals surface area contributed by atoms with Gasteiger partial charge >= 0.3 is 0 Å². The zero-order chi connectivity index (χ0) is 25.9. The number of allylic oxidation sites excluding steroid dienone is 2. The molecule has 6 heteroatoms. The Bertz CT molecular complexity index is 1040. The van der Waals surface area contributed by atoms with E-state index in [2.05, 4.69) is 23.4 Å². The maximum absolute atomic E-state index is 12.2. The van der Waals surface area contributed by atoms with Gasteiger partial charge in [0.15, 0.2) is 0 Å². The molecule has 2 aromatic carbocycles. The molecule has 0 aliphatic carbocycles. The Morgan fingerprint density at radius 2 is 1.69 bits per heavy atom. The third-order valence-electron chi connectivity index (χ3n) is 6.81. The number of phenols is 2. The Labute approximate surface area is 215 Å². The Kier molecular flexibility index (Phi) is 10.6. The topological polar surface area (TPSA) is 98.8 Å². The van der Waals surface area contributed by atoms with Crippen molar-refractivity contribution in [2.75, 3.05) is 19.6 Å². The van der Waals surface area contributed by atoms with Crippen LogP contribution in [0, 0.1) is 0 Å². The molecule has 0 radical (unpaired) electrons. The monoisotopic (exact) mass is 491 g/mol. The predicted octanol–water partition coefficient (Wildman–Crippen LogP) is 4.82. The number of rotatable bonds is 13. The predicted molar refractivity (Wildman–Crippen MR) is 147 cm³/mol. The number of nitrogens with two attached hydrogens (primary N) is 1. The maximum atomic E-state index is 12.2. The lowest BCUT2D eigenvalue weighted by atomic mass is 9.94. The number of piperidine rings is 1. The molecule has 1 fully saturated rings. The van der Waals surface area contributed by atoms with Crippen LogP contribution in [0.15, 0.2) is 55.6 Å². The number of likely N-dealkylation sites (tertiary alicyclic amines) is 1. The van der Waals surface area contributed by atoms with Crippen molar-refractivity contribution in [1.82, 2.24) is 10.2 Å². The normalized spacial score (nSPS) is 14.5. The lowest BCUT2D eigenvalue weighted by Gasteiger charge is -2.32. The number of aromatic hydroxyl groups is 2. The van der Waals surface area contributed by atoms with Crippen molar-refractivity contribution in [2.24, 2.45) is 5.73 Å². The second kappa shape index (κ2) is 13.9. The van der Waals surface area contributed by atoms with Crippen LogP contribution in [0.5, 0.6) is 11.5 Å². The summed E-state index contributed by atoms with van der Waals surface area (Å²) in [7, 11) is 0. The van der Waals surface area contributed by atoms with Gasteiger partial charge in [-0.1, -0.05) is 30.7 Å². The van der Waals surface area contributed by atoms with Crippen LogP contribution >= 0.6 is 0 Å². The van der Waals surface area contributed by atoms with Gasteiger partial charge in [0.1, 0.15) is 11.5 Å². The molecule has 194 valence electrons. The highest BCUT2D eigenvalue weighted by atomic mass is 16.3. The zero-order valence-electron chi connectivity index (χ0n) is 21.3. The van der Waals surface area contributed by atoms with Crippen LogP contribution in [0.2, 0.25) is 0 Å². The number of nitrogens with zero attached hydrogens (tertiary/aromatic N) is 1. The number of nitrogens with one attached hydrogen (secondary N) is 1. The molecule has 1 amide bonds. The lowest BCUT2D eigenvalue weighted by molar-refractivity contribution is -0.122. The molecule has 0 bridgehead atoms. The van der Waals surface area contributed by atoms with Crippen LogP contribution < -0.4 is 11.1 Å². The number of hydrogen-bond acceptors (Lipinski definition) is 5. The third kappa shape index (κ3) is 7.70. The van der Waals surface area contributed by atoms with Gasteiger partial charge in [0.25, 0.3) is 0 Å². The molecule has 1 saturated heterocycles. The number of carbonyl (C=O) groups is 1. The van der Waals surface area contributed by atoms with E-state index in [4.69, 9.17) is 5.73 Å². The molecule has 0 atom stereocenters. The lowest BCUT2D eigenvalue weighted by Crippen LogP contribution is -2.44. The van der Waals surface area contributed by atoms with Crippen molar-refractivity contribution in [2.45, 2.75) is 64.0 Å². The molecule has 0 spiro atoms. The molecule has 1 heterocycles. The van der Waals surface area contributed by atoms with E-state index in [-0.39, 0.29) is 23.4 Å². The fourth-order valence-corrected chi connectivity index (χ4v) is 4.85. The van der Waals surface area contributed by atoms with E-state index in [0.29, 0.717) is 43.5 Å². The van der Waals surface area contributed by atoms with E-state index in [1.54, 1.807) is 6.07 Å². The molecule has 2 aromatic rings. The number of unbranched alkanes of at least 4 members (excludes halogenated alkanes) is 2. The Hall–Kier alpha value is -3.09. The first-order valence-electron chi connectivity index (χ1n) is 13.1. The standard InChI is InChI=1S/C30H41N3O3/c1-3-8-22-11-12-28(34)26(19-22)27-20-23(9-4-2)18-24(30(27)36)21-33-16-13-25(14-17-33)32-29(35)10-6-5-7-15-31/h3-4,11-12,18-20,25,34,36H,1-2,5-10,13-17,21,31H2,(H,32,35). The molecular formula is C30H41N3O3. The number of amides is 1. The molecule has 0 saturated carbocycles. The molecule has 6 nitrogen and oxygen atoms in total. The summed E-state index contributed by atoms with van der Waals surface area (Å²) in [6, 6.07) is 9.62. The quantitative estimate of drug-likeness (QED) is 0.238. The van der Waals surface area contributed by atoms with Gasteiger partial charge in [0.2, 0.25) is 5.91 Å². The van der Waals surface area contributed by atoms with Crippen LogP contribution in [0.4, 0.5) is 0 Å². The minimum Gasteiger partial charge on any atom is -0.507 e. The second-order valence-electron chi connectivity index (χ2n) is 9.71. The first-order valence-corrected chi connectivity index (χ1v) is 13.1. The summed E-state index contributed by atoms with van der Waals surface area (Å²) in [5, 5.41) is 25.0. The fourth-order valence-electron chi connectivity index (χ4n) is 4.85. The third-order valence-corrected chi connectivity index (χ3v) is 6.81. The molecule has 3 rings (SSSR count). The largest absolute Gasteiger partial charge is 0.507 e. The first-order chi connectivity index (χ1) is 17.4. The van der Waals surface area contributed by atoms with Gasteiger partial charge in [-0.25, -0.2) is 0 Å². The van der Waals surface area contributed by atoms with Crippen molar-refractivity contribution in [3.8, 4) is 22.6 Å². The van der Waals surface area contributed by atoms with Gasteiger partial charge in [0, 0.05) is 48.8 Å². The number of phenolic OH excluding ortho intramolecular Hbond substituents is 2. The van der Waals surface area contributed by atoms with Crippen LogP contribution in [-0.4, -0.2) is 46.7 Å². The van der Waals surface area contributed by atoms with Crippen molar-refractivity contribution in [3.63, 3.8) is 0 Å². The van der Waals surface area contributed by atoms with Crippen molar-refractivity contribution >= 4 is 5.91 Å². The van der Waals surface area contributed by atoms with E-state index >= 15 is 0 Å². The number of benzene rings is 2. The van der Waals surface area contributed by atoms with Gasteiger partial charge in [0.05, 0.1) is 0 Å². The number of hydrogen-bond donors (Lipinski definition) is 4. The van der Waals surface area contributed by atoms with E-state index in [1.807, 2.05) is 36.4 Å². The Morgan fingerprint density at radius 1 is 1.00 bits per heavy atom. The molecule has 36 heavy (non-hydrogen) atoms. The van der Waals surface area contributed by atoms with E-state index in [0.717, 1.165) is 61.9 Å². The summed E-state index contributed by atoms with van der Waals surface area (Å²) < 4.78 is 0. The number of carbonyl (C=O) groups excluding carboxylic acids is 1. The Morgan fingerprint density at radius 3 is 2.39 bits per heavy atom. The highest BCUT2D eigenvalue weighted by Crippen LogP contribution is 2.39. The summed E-state index contributed by atoms with van der Waals surface area (Å²) in [6.45, 7) is 10.6. The minimum absolute atomic E-state index is 0.128. The summed E-state index contributed by atoms with van der Waals surface area (Å²) in [6.07, 6.45) is 10.2. The summed E-state index contributed by atoms with van der Waals surface area (Å²) in [5.74, 6) is 0.463. The van der Waals surface area contributed by atoms with Gasteiger partial charge in [-0.05, 0) is 74.4 Å². The van der Waals surface area contributed by atoms with Crippen LogP contribution in [0.1, 0.15) is 55.2 Å². The average Bonchev–Trinajstić information content (AvgIpc) is 2.86. The van der Waals surface area contributed by atoms with Crippen molar-refractivity contribution in [1.29, 1.82) is 0 Å². The van der Waals surface area contributed by atoms with Crippen molar-refractivity contribution in [3.05, 3.63) is 72.3 Å². The zero-order valence-corrected chi connectivity index (χ0v) is 21.3. The second-order valence-corrected chi connectivity index (χ2v) is 9.71. The molecule has 1 aliphatic heterocycles. The minimum atomic E-state index is 0.128. The van der Waals surface area contributed by atoms with Crippen LogP contribution in [0.3, 0.4) is 0 Å². The van der Waals surface area contributed by atoms with E-state index in [9.17, 15) is 15.0 Å². The molecule has 0 unspecified atom stereocenters. The molecule has 0 aromatic heterocycles. The van der Waals surface area contributed by atoms with Crippen LogP contribution in [-0.2, 0) is 24.2 Å². The van der Waals surface area contributed by atoms with Gasteiger partial charge in [-0.3, -0.25) is 9.69 Å². The summed E-state index contributed by atoms with van der Waals surface area (Å²) in [5.41, 5.74) is 9.66. The SMILES string of the molecule is C=CCc1ccc(O)c(-c2cc(CC=C)cc(CN3CCC(NC(=O)CCCCCN)CC3)c2O)c1. The average molecular weight is 492 g/mol. The molecule has 5 N–H and O–H groups in total. The van der Waals surface area contributed by atoms with Crippen LogP contribution in [0.25, 0.3) is 11.1 Å². The molecular weight excluding hydrogens is 450 g/mol. The summed E-state index contributed by atoms with van der Waals surface area (Å²) >= 11 is 0. The summed E-state index contributed by atoms with van der Waals surface area (Å²) in [4.78, 5) is 14.5. The smallest absolute Gasteiger partial charge is 0.220 e. The van der Waals surface area contributed by atoms with E-state index < -0.39 is 0 Å². The van der Waals surface area contributed by atoms with Gasteiger partial charge in [-0.2, -0.15) is 0 Å². The maximum Gasteiger partial charge on any atom is 0.220 e. The fraction of sp³-hybridized carbons (Fsp3) is 0.433. The van der Waals surface area contributed by atoms with Gasteiger partial charge < -0.3 is 21.3 Å². The Balaban J connectivity index is 1.69. The van der Waals surface area contributed by atoms with E-state index in [1.165, 1.54) is 0 Å². The highest BCUT2D eigenvalue weighted by molar-refractivity contribution is 5.78. The molecule has 1 aliphatic rings. The first kappa shape index (κ1) is 27.5.